The van der Waals surface area contributed by atoms with Crippen molar-refractivity contribution in [2.24, 2.45) is 0 Å². The summed E-state index contributed by atoms with van der Waals surface area (Å²) in [6, 6.07) is 32.9. The number of hydrogen-bond acceptors (Lipinski definition) is 11. The zero-order valence-corrected chi connectivity index (χ0v) is 35.8. The van der Waals surface area contributed by atoms with E-state index in [9.17, 15) is 36.3 Å². The van der Waals surface area contributed by atoms with Gasteiger partial charge in [0.05, 0.1) is 38.4 Å². The Morgan fingerprint density at radius 3 is 1.21 bits per heavy atom. The van der Waals surface area contributed by atoms with E-state index in [-0.39, 0.29) is 29.1 Å². The molecule has 0 saturated carbocycles. The summed E-state index contributed by atoms with van der Waals surface area (Å²) in [5.74, 6) is 0. The van der Waals surface area contributed by atoms with Gasteiger partial charge in [-0.3, -0.25) is 28.1 Å². The predicted molar refractivity (Wildman–Crippen MR) is 242 cm³/mol. The molecule has 14 nitrogen and oxygen atoms in total. The molecule has 0 fully saturated rings. The summed E-state index contributed by atoms with van der Waals surface area (Å²) in [4.78, 5) is 63.4. The molecular weight excluding hydrogens is 878 g/mol. The van der Waals surface area contributed by atoms with Crippen molar-refractivity contribution in [2.45, 2.75) is 32.2 Å². The summed E-state index contributed by atoms with van der Waals surface area (Å²) in [6.07, 6.45) is -2.41. The van der Waals surface area contributed by atoms with Gasteiger partial charge in [-0.25, -0.2) is 38.7 Å². The van der Waals surface area contributed by atoms with Crippen LogP contribution in [-0.2, 0) is 35.3 Å². The van der Waals surface area contributed by atoms with Crippen LogP contribution < -0.4 is 16.7 Å². The summed E-state index contributed by atoms with van der Waals surface area (Å²) in [5, 5.41) is 0. The lowest BCUT2D eigenvalue weighted by atomic mass is 10.1. The minimum Gasteiger partial charge on any atom is -0.383 e. The van der Waals surface area contributed by atoms with Gasteiger partial charge in [0.25, 0.3) is 23.1 Å². The maximum atomic E-state index is 12.8. The van der Waals surface area contributed by atoms with Gasteiger partial charge in [0.15, 0.2) is 16.9 Å². The summed E-state index contributed by atoms with van der Waals surface area (Å²) >= 11 is 0. The van der Waals surface area contributed by atoms with Crippen LogP contribution in [0.1, 0.15) is 5.56 Å². The first kappa shape index (κ1) is 47.1. The molecular formula is C48H40F5N9O5. The van der Waals surface area contributed by atoms with E-state index >= 15 is 0 Å². The Balaban J connectivity index is 0.000000150. The second-order valence-corrected chi connectivity index (χ2v) is 14.4. The molecule has 67 heavy (non-hydrogen) atoms. The molecule has 6 heterocycles. The van der Waals surface area contributed by atoms with Crippen molar-refractivity contribution in [3.05, 3.63) is 177 Å². The first-order chi connectivity index (χ1) is 32.4. The fourth-order valence-corrected chi connectivity index (χ4v) is 6.89. The van der Waals surface area contributed by atoms with E-state index in [1.165, 1.54) is 30.0 Å². The molecule has 6 aromatic heterocycles. The minimum atomic E-state index is -4.43. The second kappa shape index (κ2) is 21.4. The molecule has 0 aliphatic rings. The molecule has 0 aliphatic heterocycles. The van der Waals surface area contributed by atoms with Crippen molar-refractivity contribution >= 4 is 33.5 Å². The Bertz CT molecular complexity index is 3300. The topological polar surface area (TPSA) is 162 Å². The summed E-state index contributed by atoms with van der Waals surface area (Å²) in [5.41, 5.74) is 3.21. The Hall–Kier alpha value is -7.90. The molecule has 0 amide bonds. The van der Waals surface area contributed by atoms with Gasteiger partial charge < -0.3 is 9.47 Å². The number of pyridine rings is 3. The van der Waals surface area contributed by atoms with E-state index < -0.39 is 35.8 Å². The molecule has 0 aliphatic carbocycles. The van der Waals surface area contributed by atoms with Gasteiger partial charge in [0.1, 0.15) is 33.6 Å². The van der Waals surface area contributed by atoms with E-state index in [0.717, 1.165) is 22.3 Å². The zero-order valence-electron chi connectivity index (χ0n) is 35.8. The number of ether oxygens (including phenoxy) is 2. The third-order valence-corrected chi connectivity index (χ3v) is 10.0. The molecule has 0 spiro atoms. The fraction of sp³-hybridized carbons (Fsp3) is 0.188. The van der Waals surface area contributed by atoms with Gasteiger partial charge in [-0.05, 0) is 48.5 Å². The predicted octanol–water partition coefficient (Wildman–Crippen LogP) is 7.95. The highest BCUT2D eigenvalue weighted by molar-refractivity contribution is 5.76. The van der Waals surface area contributed by atoms with Crippen molar-refractivity contribution in [2.75, 3.05) is 27.4 Å². The van der Waals surface area contributed by atoms with Gasteiger partial charge in [0.2, 0.25) is 0 Å². The van der Waals surface area contributed by atoms with Crippen LogP contribution >= 0.6 is 0 Å². The third-order valence-electron chi connectivity index (χ3n) is 10.0. The van der Waals surface area contributed by atoms with E-state index in [1.54, 1.807) is 72.6 Å². The minimum absolute atomic E-state index is 0.0744. The van der Waals surface area contributed by atoms with Crippen LogP contribution in [0.4, 0.5) is 22.0 Å². The smallest absolute Gasteiger partial charge is 0.383 e. The Kier molecular flexibility index (Phi) is 15.0. The summed E-state index contributed by atoms with van der Waals surface area (Å²) in [7, 11) is 3.12. The first-order valence-electron chi connectivity index (χ1n) is 20.5. The molecule has 0 N–H and O–H groups in total. The monoisotopic (exact) mass is 917 g/mol. The standard InChI is InChI=1S/C17H14F3N3O2.C16H15N3O2.C15H11F2N3O/c1-25-10-9-23-15-13(3-2-8-21-15)22-14(16(23)24)11-4-6-12(7-5-11)17(18,19)20;1-21-11-10-19-15-13(8-5-9-17-15)18-14(16(19)20)12-6-3-2-4-7-12;16-12(17)9-20-14-11(7-4-8-18-14)19-13(15(20)21)10-5-2-1-3-6-10/h2-8H,9-10H2,1H3;2-9H,10-11H2,1H3;1-8,12H,9H2. The van der Waals surface area contributed by atoms with Gasteiger partial charge in [-0.2, -0.15) is 13.2 Å². The lowest BCUT2D eigenvalue weighted by Gasteiger charge is -2.12. The van der Waals surface area contributed by atoms with Gasteiger partial charge in [-0.15, -0.1) is 0 Å². The van der Waals surface area contributed by atoms with Gasteiger partial charge in [0, 0.05) is 49.5 Å². The molecule has 9 rings (SSSR count). The van der Waals surface area contributed by atoms with Crippen LogP contribution in [0.15, 0.2) is 154 Å². The Labute approximate surface area is 377 Å². The fourth-order valence-electron chi connectivity index (χ4n) is 6.89. The van der Waals surface area contributed by atoms with Crippen LogP contribution in [0.5, 0.6) is 0 Å². The maximum absolute atomic E-state index is 12.8. The van der Waals surface area contributed by atoms with Crippen molar-refractivity contribution < 1.29 is 31.4 Å². The highest BCUT2D eigenvalue weighted by Crippen LogP contribution is 2.30. The van der Waals surface area contributed by atoms with Gasteiger partial charge >= 0.3 is 6.18 Å². The SMILES string of the molecule is COCCn1c(=O)c(-c2ccc(C(F)(F)F)cc2)nc2cccnc21.COCCn1c(=O)c(-c2ccccc2)nc2cccnc21.O=c1c(-c2ccccc2)nc2cccnc2n1CC(F)F. The number of halogens is 5. The number of rotatable bonds is 11. The van der Waals surface area contributed by atoms with Crippen molar-refractivity contribution in [3.8, 4) is 33.8 Å². The second-order valence-electron chi connectivity index (χ2n) is 14.4. The third kappa shape index (κ3) is 11.0. The molecule has 3 aromatic carbocycles. The van der Waals surface area contributed by atoms with E-state index in [0.29, 0.717) is 64.4 Å². The number of methoxy groups -OCH3 is 2. The van der Waals surface area contributed by atoms with Gasteiger partial charge in [-0.1, -0.05) is 72.8 Å². The lowest BCUT2D eigenvalue weighted by molar-refractivity contribution is -0.137. The molecule has 0 atom stereocenters. The Morgan fingerprint density at radius 2 is 0.851 bits per heavy atom. The normalized spacial score (nSPS) is 11.3. The van der Waals surface area contributed by atoms with Crippen molar-refractivity contribution in [1.29, 1.82) is 0 Å². The molecule has 0 radical (unpaired) electrons. The van der Waals surface area contributed by atoms with Crippen LogP contribution in [0.2, 0.25) is 0 Å². The molecule has 19 heteroatoms. The van der Waals surface area contributed by atoms with Crippen LogP contribution in [0.3, 0.4) is 0 Å². The largest absolute Gasteiger partial charge is 0.416 e. The van der Waals surface area contributed by atoms with Crippen LogP contribution in [-0.4, -0.2) is 77.5 Å². The van der Waals surface area contributed by atoms with E-state index in [2.05, 4.69) is 29.9 Å². The van der Waals surface area contributed by atoms with Crippen LogP contribution in [0, 0.1) is 0 Å². The molecule has 9 aromatic rings. The van der Waals surface area contributed by atoms with Crippen molar-refractivity contribution in [3.63, 3.8) is 0 Å². The number of alkyl halides is 5. The zero-order chi connectivity index (χ0) is 47.5. The average molecular weight is 918 g/mol. The quantitative estimate of drug-likeness (QED) is 0.116. The van der Waals surface area contributed by atoms with Crippen molar-refractivity contribution in [1.82, 2.24) is 43.6 Å². The highest BCUT2D eigenvalue weighted by atomic mass is 19.4. The number of benzene rings is 3. The number of nitrogens with zero attached hydrogens (tertiary/aromatic N) is 9. The Morgan fingerprint density at radius 1 is 0.493 bits per heavy atom. The summed E-state index contributed by atoms with van der Waals surface area (Å²) in [6.45, 7) is 0.755. The molecule has 342 valence electrons. The lowest BCUT2D eigenvalue weighted by Crippen LogP contribution is -2.27. The highest BCUT2D eigenvalue weighted by Gasteiger charge is 2.30. The number of fused-ring (bicyclic) bond motifs is 3. The number of aromatic nitrogens is 9. The van der Waals surface area contributed by atoms with Crippen LogP contribution in [0.25, 0.3) is 67.3 Å². The molecule has 0 bridgehead atoms. The molecule has 0 unspecified atom stereocenters. The number of hydrogen-bond donors (Lipinski definition) is 0. The molecule has 0 saturated heterocycles. The summed E-state index contributed by atoms with van der Waals surface area (Å²) < 4.78 is 77.8. The average Bonchev–Trinajstić information content (AvgIpc) is 3.34. The van der Waals surface area contributed by atoms with E-state index in [1.807, 2.05) is 48.5 Å². The maximum Gasteiger partial charge on any atom is 0.416 e. The van der Waals surface area contributed by atoms with E-state index in [4.69, 9.17) is 9.47 Å². The first-order valence-corrected chi connectivity index (χ1v) is 20.5.